The maximum atomic E-state index is 12.6. The molecule has 0 aliphatic heterocycles. The summed E-state index contributed by atoms with van der Waals surface area (Å²) in [6.45, 7) is 0.276. The quantitative estimate of drug-likeness (QED) is 0.791. The van der Waals surface area contributed by atoms with Crippen molar-refractivity contribution in [3.63, 3.8) is 0 Å². The molecule has 1 aromatic heterocycles. The summed E-state index contributed by atoms with van der Waals surface area (Å²) < 4.78 is 32.8. The first-order valence-corrected chi connectivity index (χ1v) is 8.50. The van der Waals surface area contributed by atoms with Crippen LogP contribution in [-0.2, 0) is 14.8 Å². The zero-order valence-corrected chi connectivity index (χ0v) is 13.2. The van der Waals surface area contributed by atoms with Crippen molar-refractivity contribution in [3.05, 3.63) is 36.7 Å². The molecule has 21 heavy (non-hydrogen) atoms. The molecule has 2 rings (SSSR count). The fourth-order valence-corrected chi connectivity index (χ4v) is 3.87. The number of nitrogens with one attached hydrogen (secondary N) is 1. The Morgan fingerprint density at radius 2 is 2.19 bits per heavy atom. The van der Waals surface area contributed by atoms with Crippen LogP contribution in [0.15, 0.2) is 41.6 Å². The first kappa shape index (κ1) is 16.2. The highest BCUT2D eigenvalue weighted by Gasteiger charge is 2.21. The summed E-state index contributed by atoms with van der Waals surface area (Å²) in [6, 6.07) is 6.44. The second-order valence-electron chi connectivity index (χ2n) is 4.60. The van der Waals surface area contributed by atoms with Crippen LogP contribution in [0.2, 0.25) is 0 Å². The smallest absolute Gasteiger partial charge is 0.241 e. The molecule has 0 amide bonds. The van der Waals surface area contributed by atoms with Gasteiger partial charge in [0.15, 0.2) is 0 Å². The van der Waals surface area contributed by atoms with E-state index in [4.69, 9.17) is 16.3 Å². The fourth-order valence-electron chi connectivity index (χ4n) is 2.12. The summed E-state index contributed by atoms with van der Waals surface area (Å²) in [6.07, 6.45) is 3.72. The number of halogens is 1. The molecule has 0 spiro atoms. The zero-order valence-electron chi connectivity index (χ0n) is 11.6. The van der Waals surface area contributed by atoms with E-state index in [2.05, 4.69) is 9.71 Å². The molecule has 0 aliphatic carbocycles. The van der Waals surface area contributed by atoms with Gasteiger partial charge in [-0.15, -0.1) is 11.6 Å². The van der Waals surface area contributed by atoms with Gasteiger partial charge < -0.3 is 4.74 Å². The summed E-state index contributed by atoms with van der Waals surface area (Å²) >= 11 is 5.70. The van der Waals surface area contributed by atoms with Crippen molar-refractivity contribution in [2.24, 2.45) is 0 Å². The van der Waals surface area contributed by atoms with Crippen LogP contribution >= 0.6 is 11.6 Å². The average Bonchev–Trinajstić information content (AvgIpc) is 2.47. The maximum absolute atomic E-state index is 12.6. The van der Waals surface area contributed by atoms with Crippen molar-refractivity contribution in [3.8, 4) is 0 Å². The number of hydrogen-bond acceptors (Lipinski definition) is 4. The standard InChI is InChI=1S/C14H17ClN2O3S/c1-20-10-12(5-7-15)17-21(18,19)14-4-2-3-11-9-16-8-6-13(11)14/h2-4,6,8-9,12,17H,5,7,10H2,1H3. The van der Waals surface area contributed by atoms with Gasteiger partial charge in [0.25, 0.3) is 0 Å². The highest BCUT2D eigenvalue weighted by atomic mass is 35.5. The van der Waals surface area contributed by atoms with Gasteiger partial charge in [-0.3, -0.25) is 4.98 Å². The van der Waals surface area contributed by atoms with Crippen LogP contribution < -0.4 is 4.72 Å². The van der Waals surface area contributed by atoms with E-state index in [1.54, 1.807) is 30.6 Å². The number of aromatic nitrogens is 1. The molecule has 1 atom stereocenters. The molecule has 5 nitrogen and oxygen atoms in total. The van der Waals surface area contributed by atoms with Gasteiger partial charge in [-0.2, -0.15) is 0 Å². The number of benzene rings is 1. The van der Waals surface area contributed by atoms with E-state index >= 15 is 0 Å². The zero-order chi connectivity index (χ0) is 15.3. The number of fused-ring (bicyclic) bond motifs is 1. The summed E-state index contributed by atoms with van der Waals surface area (Å²) in [5, 5.41) is 1.42. The molecule has 0 bridgehead atoms. The lowest BCUT2D eigenvalue weighted by molar-refractivity contribution is 0.173. The van der Waals surface area contributed by atoms with Gasteiger partial charge in [-0.25, -0.2) is 13.1 Å². The lowest BCUT2D eigenvalue weighted by Crippen LogP contribution is -2.38. The number of methoxy groups -OCH3 is 1. The third kappa shape index (κ3) is 3.91. The van der Waals surface area contributed by atoms with Gasteiger partial charge >= 0.3 is 0 Å². The Morgan fingerprint density at radius 3 is 2.90 bits per heavy atom. The van der Waals surface area contributed by atoms with Crippen molar-refractivity contribution in [1.82, 2.24) is 9.71 Å². The number of rotatable bonds is 7. The monoisotopic (exact) mass is 328 g/mol. The minimum atomic E-state index is -3.65. The number of ether oxygens (including phenoxy) is 1. The minimum Gasteiger partial charge on any atom is -0.383 e. The Labute approximate surface area is 129 Å². The maximum Gasteiger partial charge on any atom is 0.241 e. The minimum absolute atomic E-state index is 0.234. The number of pyridine rings is 1. The molecule has 0 fully saturated rings. The van der Waals surface area contributed by atoms with Crippen LogP contribution in [0.3, 0.4) is 0 Å². The SMILES string of the molecule is COCC(CCCl)NS(=O)(=O)c1cccc2cnccc12. The molecule has 7 heteroatoms. The lowest BCUT2D eigenvalue weighted by atomic mass is 10.2. The fraction of sp³-hybridized carbons (Fsp3) is 0.357. The molecule has 1 unspecified atom stereocenters. The average molecular weight is 329 g/mol. The summed E-state index contributed by atoms with van der Waals surface area (Å²) in [7, 11) is -2.12. The van der Waals surface area contributed by atoms with E-state index in [0.29, 0.717) is 17.7 Å². The second kappa shape index (κ2) is 7.17. The molecule has 1 N–H and O–H groups in total. The summed E-state index contributed by atoms with van der Waals surface area (Å²) in [4.78, 5) is 4.24. The lowest BCUT2D eigenvalue weighted by Gasteiger charge is -2.17. The van der Waals surface area contributed by atoms with E-state index in [-0.39, 0.29) is 17.5 Å². The topological polar surface area (TPSA) is 68.3 Å². The number of sulfonamides is 1. The van der Waals surface area contributed by atoms with Crippen molar-refractivity contribution in [2.75, 3.05) is 19.6 Å². The van der Waals surface area contributed by atoms with Gasteiger partial charge in [-0.1, -0.05) is 12.1 Å². The van der Waals surface area contributed by atoms with Gasteiger partial charge in [0.2, 0.25) is 10.0 Å². The summed E-state index contributed by atoms with van der Waals surface area (Å²) in [5.74, 6) is 0.357. The highest BCUT2D eigenvalue weighted by Crippen LogP contribution is 2.22. The number of nitrogens with zero attached hydrogens (tertiary/aromatic N) is 1. The first-order chi connectivity index (χ1) is 10.1. The highest BCUT2D eigenvalue weighted by molar-refractivity contribution is 7.89. The third-order valence-corrected chi connectivity index (χ3v) is 4.87. The third-order valence-electron chi connectivity index (χ3n) is 3.08. The van der Waals surface area contributed by atoms with Gasteiger partial charge in [0, 0.05) is 42.2 Å². The first-order valence-electron chi connectivity index (χ1n) is 6.48. The van der Waals surface area contributed by atoms with Gasteiger partial charge in [0.05, 0.1) is 11.5 Å². The van der Waals surface area contributed by atoms with Crippen molar-refractivity contribution >= 4 is 32.4 Å². The largest absolute Gasteiger partial charge is 0.383 e. The molecular formula is C14H17ClN2O3S. The van der Waals surface area contributed by atoms with E-state index in [1.165, 1.54) is 7.11 Å². The predicted molar refractivity (Wildman–Crippen MR) is 83.1 cm³/mol. The molecule has 2 aromatic rings. The van der Waals surface area contributed by atoms with Crippen LogP contribution in [0.1, 0.15) is 6.42 Å². The van der Waals surface area contributed by atoms with Crippen LogP contribution in [0.5, 0.6) is 0 Å². The van der Waals surface area contributed by atoms with Crippen molar-refractivity contribution in [2.45, 2.75) is 17.4 Å². The number of hydrogen-bond donors (Lipinski definition) is 1. The Bertz CT molecular complexity index is 695. The molecule has 1 aromatic carbocycles. The van der Waals surface area contributed by atoms with Gasteiger partial charge in [0.1, 0.15) is 0 Å². The molecule has 0 radical (unpaired) electrons. The Kier molecular flexibility index (Phi) is 5.52. The molecule has 114 valence electrons. The Hall–Kier alpha value is -1.21. The predicted octanol–water partition coefficient (Wildman–Crippen LogP) is 2.16. The van der Waals surface area contributed by atoms with E-state index in [9.17, 15) is 8.42 Å². The Balaban J connectivity index is 2.37. The van der Waals surface area contributed by atoms with E-state index < -0.39 is 10.0 Å². The van der Waals surface area contributed by atoms with Crippen molar-refractivity contribution < 1.29 is 13.2 Å². The molecule has 0 saturated carbocycles. The van der Waals surface area contributed by atoms with Crippen molar-refractivity contribution in [1.29, 1.82) is 0 Å². The molecular weight excluding hydrogens is 312 g/mol. The van der Waals surface area contributed by atoms with Crippen LogP contribution in [0.4, 0.5) is 0 Å². The van der Waals surface area contributed by atoms with E-state index in [0.717, 1.165) is 5.39 Å². The van der Waals surface area contributed by atoms with Crippen LogP contribution in [0.25, 0.3) is 10.8 Å². The van der Waals surface area contributed by atoms with Crippen LogP contribution in [0, 0.1) is 0 Å². The number of alkyl halides is 1. The summed E-state index contributed by atoms with van der Waals surface area (Å²) in [5.41, 5.74) is 0. The molecule has 0 aliphatic rings. The second-order valence-corrected chi connectivity index (χ2v) is 6.66. The van der Waals surface area contributed by atoms with E-state index in [1.807, 2.05) is 6.07 Å². The normalized spacial score (nSPS) is 13.4. The molecule has 0 saturated heterocycles. The van der Waals surface area contributed by atoms with Gasteiger partial charge in [-0.05, 0) is 18.6 Å². The molecule has 1 heterocycles. The van der Waals surface area contributed by atoms with Crippen LogP contribution in [-0.4, -0.2) is 39.0 Å². The Morgan fingerprint density at radius 1 is 1.38 bits per heavy atom.